The van der Waals surface area contributed by atoms with E-state index in [0.717, 1.165) is 5.56 Å². The highest BCUT2D eigenvalue weighted by molar-refractivity contribution is 6.05. The number of aryl methyl sites for hydroxylation is 1. The maximum atomic E-state index is 12.2. The quantitative estimate of drug-likeness (QED) is 0.769. The average molecular weight is 296 g/mol. The maximum Gasteiger partial charge on any atom is 0.278 e. The number of carbonyl (C=O) groups excluding carboxylic acids is 1. The van der Waals surface area contributed by atoms with Crippen LogP contribution in [-0.4, -0.2) is 26.2 Å². The molecule has 0 unspecified atom stereocenters. The minimum atomic E-state index is -0.496. The Hall–Kier alpha value is -3.22. The van der Waals surface area contributed by atoms with Crippen molar-refractivity contribution in [1.29, 1.82) is 0 Å². The number of nitrogens with zero attached hydrogens (tertiary/aromatic N) is 3. The van der Waals surface area contributed by atoms with E-state index in [9.17, 15) is 9.90 Å². The Balaban J connectivity index is 1.91. The van der Waals surface area contributed by atoms with E-state index in [1.54, 1.807) is 12.1 Å². The van der Waals surface area contributed by atoms with Crippen molar-refractivity contribution in [3.05, 3.63) is 54.2 Å². The molecule has 0 aliphatic rings. The van der Waals surface area contributed by atoms with Crippen molar-refractivity contribution in [1.82, 2.24) is 15.2 Å². The Morgan fingerprint density at radius 1 is 1.32 bits per heavy atom. The van der Waals surface area contributed by atoms with Gasteiger partial charge >= 0.3 is 0 Å². The smallest absolute Gasteiger partial charge is 0.278 e. The van der Waals surface area contributed by atoms with Crippen molar-refractivity contribution < 1.29 is 14.3 Å². The van der Waals surface area contributed by atoms with E-state index < -0.39 is 5.91 Å². The number of hydrogen-bond acceptors (Lipinski definition) is 6. The van der Waals surface area contributed by atoms with Gasteiger partial charge in [0.05, 0.1) is 0 Å². The van der Waals surface area contributed by atoms with E-state index in [2.05, 4.69) is 20.5 Å². The van der Waals surface area contributed by atoms with Crippen LogP contribution in [0.25, 0.3) is 11.5 Å². The SMILES string of the molecule is Cc1ccc(-c2nnco2)cc1NC(=O)c1ncccc1O. The second kappa shape index (κ2) is 5.65. The molecule has 22 heavy (non-hydrogen) atoms. The molecule has 7 heteroatoms. The van der Waals surface area contributed by atoms with Gasteiger partial charge in [-0.15, -0.1) is 10.2 Å². The number of hydrogen-bond donors (Lipinski definition) is 2. The van der Waals surface area contributed by atoms with Crippen molar-refractivity contribution in [2.75, 3.05) is 5.32 Å². The number of amides is 1. The summed E-state index contributed by atoms with van der Waals surface area (Å²) in [6.45, 7) is 1.85. The molecule has 110 valence electrons. The summed E-state index contributed by atoms with van der Waals surface area (Å²) >= 11 is 0. The molecule has 2 N–H and O–H groups in total. The van der Waals surface area contributed by atoms with Crippen LogP contribution >= 0.6 is 0 Å². The van der Waals surface area contributed by atoms with Gasteiger partial charge in [-0.3, -0.25) is 4.79 Å². The van der Waals surface area contributed by atoms with Crippen LogP contribution in [0.2, 0.25) is 0 Å². The predicted molar refractivity (Wildman–Crippen MR) is 78.3 cm³/mol. The second-order valence-electron chi connectivity index (χ2n) is 4.60. The van der Waals surface area contributed by atoms with Crippen molar-refractivity contribution in [2.45, 2.75) is 6.92 Å². The lowest BCUT2D eigenvalue weighted by Gasteiger charge is -2.09. The number of benzene rings is 1. The van der Waals surface area contributed by atoms with E-state index in [-0.39, 0.29) is 11.4 Å². The highest BCUT2D eigenvalue weighted by Crippen LogP contribution is 2.25. The second-order valence-corrected chi connectivity index (χ2v) is 4.60. The summed E-state index contributed by atoms with van der Waals surface area (Å²) in [6.07, 6.45) is 2.68. The van der Waals surface area contributed by atoms with E-state index >= 15 is 0 Å². The molecule has 0 bridgehead atoms. The first-order valence-electron chi connectivity index (χ1n) is 6.47. The van der Waals surface area contributed by atoms with Gasteiger partial charge in [0.15, 0.2) is 5.69 Å². The first-order valence-corrected chi connectivity index (χ1v) is 6.47. The summed E-state index contributed by atoms with van der Waals surface area (Å²) in [5.74, 6) is -0.314. The van der Waals surface area contributed by atoms with Gasteiger partial charge in [-0.2, -0.15) is 0 Å². The summed E-state index contributed by atoms with van der Waals surface area (Å²) in [7, 11) is 0. The van der Waals surface area contributed by atoms with Gasteiger partial charge in [-0.05, 0) is 36.8 Å². The first-order chi connectivity index (χ1) is 10.6. The topological polar surface area (TPSA) is 101 Å². The molecule has 1 amide bonds. The zero-order chi connectivity index (χ0) is 15.5. The standard InChI is InChI=1S/C15H12N4O3/c1-9-4-5-10(15-19-17-8-22-15)7-11(9)18-14(21)13-12(20)3-2-6-16-13/h2-8,20H,1H3,(H,18,21). The molecule has 0 saturated heterocycles. The van der Waals surface area contributed by atoms with Crippen molar-refractivity contribution in [3.63, 3.8) is 0 Å². The Kier molecular flexibility index (Phi) is 3.53. The molecule has 3 aromatic rings. The molecular weight excluding hydrogens is 284 g/mol. The molecule has 1 aromatic carbocycles. The number of carbonyl (C=O) groups is 1. The fourth-order valence-electron chi connectivity index (χ4n) is 1.94. The molecule has 7 nitrogen and oxygen atoms in total. The predicted octanol–water partition coefficient (Wildman–Crippen LogP) is 2.40. The average Bonchev–Trinajstić information content (AvgIpc) is 3.04. The maximum absolute atomic E-state index is 12.2. The van der Waals surface area contributed by atoms with Crippen LogP contribution in [-0.2, 0) is 0 Å². The van der Waals surface area contributed by atoms with E-state index in [1.165, 1.54) is 18.7 Å². The van der Waals surface area contributed by atoms with E-state index in [1.807, 2.05) is 19.1 Å². The normalized spacial score (nSPS) is 10.4. The van der Waals surface area contributed by atoms with Crippen molar-refractivity contribution in [2.24, 2.45) is 0 Å². The summed E-state index contributed by atoms with van der Waals surface area (Å²) in [4.78, 5) is 16.1. The van der Waals surface area contributed by atoms with Crippen LogP contribution in [0, 0.1) is 6.92 Å². The van der Waals surface area contributed by atoms with Crippen LogP contribution in [0.4, 0.5) is 5.69 Å². The number of aromatic hydroxyl groups is 1. The lowest BCUT2D eigenvalue weighted by Crippen LogP contribution is -2.14. The van der Waals surface area contributed by atoms with Gasteiger partial charge in [0.2, 0.25) is 12.3 Å². The van der Waals surface area contributed by atoms with Crippen LogP contribution < -0.4 is 5.32 Å². The third-order valence-corrected chi connectivity index (χ3v) is 3.09. The van der Waals surface area contributed by atoms with Crippen LogP contribution in [0.15, 0.2) is 47.3 Å². The number of nitrogens with one attached hydrogen (secondary N) is 1. The monoisotopic (exact) mass is 296 g/mol. The van der Waals surface area contributed by atoms with E-state index in [0.29, 0.717) is 17.1 Å². The zero-order valence-corrected chi connectivity index (χ0v) is 11.6. The third-order valence-electron chi connectivity index (χ3n) is 3.09. The van der Waals surface area contributed by atoms with Crippen LogP contribution in [0.3, 0.4) is 0 Å². The summed E-state index contributed by atoms with van der Waals surface area (Å²) in [6, 6.07) is 8.32. The molecule has 0 radical (unpaired) electrons. The van der Waals surface area contributed by atoms with Gasteiger partial charge in [0, 0.05) is 17.4 Å². The Labute approximate surface area is 125 Å². The van der Waals surface area contributed by atoms with Gasteiger partial charge < -0.3 is 14.8 Å². The number of pyridine rings is 1. The Morgan fingerprint density at radius 2 is 2.18 bits per heavy atom. The van der Waals surface area contributed by atoms with Crippen molar-refractivity contribution >= 4 is 11.6 Å². The molecule has 2 heterocycles. The summed E-state index contributed by atoms with van der Waals surface area (Å²) < 4.78 is 5.14. The third kappa shape index (κ3) is 2.64. The van der Waals surface area contributed by atoms with Gasteiger partial charge in [-0.1, -0.05) is 6.07 Å². The molecule has 0 spiro atoms. The molecule has 2 aromatic heterocycles. The summed E-state index contributed by atoms with van der Waals surface area (Å²) in [5, 5.41) is 19.8. The molecule has 0 aliphatic carbocycles. The molecule has 0 fully saturated rings. The van der Waals surface area contributed by atoms with Crippen LogP contribution in [0.1, 0.15) is 16.1 Å². The number of anilines is 1. The fraction of sp³-hybridized carbons (Fsp3) is 0.0667. The molecule has 0 saturated carbocycles. The molecule has 3 rings (SSSR count). The van der Waals surface area contributed by atoms with Gasteiger partial charge in [0.1, 0.15) is 5.75 Å². The lowest BCUT2D eigenvalue weighted by atomic mass is 10.1. The highest BCUT2D eigenvalue weighted by atomic mass is 16.4. The number of aromatic nitrogens is 3. The zero-order valence-electron chi connectivity index (χ0n) is 11.6. The minimum absolute atomic E-state index is 0.0370. The largest absolute Gasteiger partial charge is 0.505 e. The molecule has 0 atom stereocenters. The fourth-order valence-corrected chi connectivity index (χ4v) is 1.94. The highest BCUT2D eigenvalue weighted by Gasteiger charge is 2.14. The number of rotatable bonds is 3. The van der Waals surface area contributed by atoms with E-state index in [4.69, 9.17) is 4.42 Å². The van der Waals surface area contributed by atoms with Gasteiger partial charge in [-0.25, -0.2) is 4.98 Å². The van der Waals surface area contributed by atoms with Crippen molar-refractivity contribution in [3.8, 4) is 17.2 Å². The molecular formula is C15H12N4O3. The Bertz CT molecular complexity index is 815. The summed E-state index contributed by atoms with van der Waals surface area (Å²) in [5.41, 5.74) is 2.08. The Morgan fingerprint density at radius 3 is 2.91 bits per heavy atom. The lowest BCUT2D eigenvalue weighted by molar-refractivity contribution is 0.101. The van der Waals surface area contributed by atoms with Gasteiger partial charge in [0.25, 0.3) is 5.91 Å². The first kappa shape index (κ1) is 13.7. The van der Waals surface area contributed by atoms with Crippen LogP contribution in [0.5, 0.6) is 5.75 Å². The molecule has 0 aliphatic heterocycles. The minimum Gasteiger partial charge on any atom is -0.505 e.